The lowest BCUT2D eigenvalue weighted by molar-refractivity contribution is -0.172. The van der Waals surface area contributed by atoms with E-state index in [0.717, 1.165) is 19.1 Å². The van der Waals surface area contributed by atoms with Gasteiger partial charge in [-0.05, 0) is 45.7 Å². The predicted octanol–water partition coefficient (Wildman–Crippen LogP) is 0.789. The summed E-state index contributed by atoms with van der Waals surface area (Å²) in [6.45, 7) is 6.15. The van der Waals surface area contributed by atoms with Crippen LogP contribution in [0.3, 0.4) is 0 Å². The third kappa shape index (κ3) is 2.78. The highest BCUT2D eigenvalue weighted by atomic mass is 16.5. The molecule has 0 saturated carbocycles. The van der Waals surface area contributed by atoms with Crippen molar-refractivity contribution in [1.82, 2.24) is 9.80 Å². The van der Waals surface area contributed by atoms with Gasteiger partial charge in [0.2, 0.25) is 0 Å². The smallest absolute Gasteiger partial charge is 0.329 e. The molecular weight excluding hydrogens is 244 g/mol. The van der Waals surface area contributed by atoms with E-state index in [2.05, 4.69) is 9.80 Å². The zero-order valence-corrected chi connectivity index (χ0v) is 11.7. The first kappa shape index (κ1) is 13.3. The lowest BCUT2D eigenvalue weighted by Gasteiger charge is -2.53. The Morgan fingerprint density at radius 2 is 2.00 bits per heavy atom. The Hall–Kier alpha value is -0.650. The van der Waals surface area contributed by atoms with Gasteiger partial charge in [-0.3, -0.25) is 4.90 Å². The summed E-state index contributed by atoms with van der Waals surface area (Å²) in [4.78, 5) is 15.7. The maximum absolute atomic E-state index is 10.5. The Morgan fingerprint density at radius 3 is 2.74 bits per heavy atom. The van der Waals surface area contributed by atoms with Gasteiger partial charge >= 0.3 is 5.97 Å². The van der Waals surface area contributed by atoms with Gasteiger partial charge in [0.05, 0.1) is 5.60 Å². The number of piperidine rings is 1. The van der Waals surface area contributed by atoms with Crippen molar-refractivity contribution >= 4 is 5.97 Å². The molecule has 19 heavy (non-hydrogen) atoms. The Labute approximate surface area is 114 Å². The zero-order valence-electron chi connectivity index (χ0n) is 11.7. The molecule has 0 spiro atoms. The van der Waals surface area contributed by atoms with Crippen molar-refractivity contribution in [3.63, 3.8) is 0 Å². The highest BCUT2D eigenvalue weighted by Gasteiger charge is 2.45. The molecule has 5 nitrogen and oxygen atoms in total. The number of hydrogen-bond donors (Lipinski definition) is 1. The minimum atomic E-state index is -0.876. The summed E-state index contributed by atoms with van der Waals surface area (Å²) < 4.78 is 5.48. The topological polar surface area (TPSA) is 53.0 Å². The number of carboxylic acid groups (broad SMARTS) is 1. The van der Waals surface area contributed by atoms with E-state index in [0.29, 0.717) is 6.04 Å². The van der Waals surface area contributed by atoms with Gasteiger partial charge in [0, 0.05) is 25.2 Å². The fourth-order valence-electron chi connectivity index (χ4n) is 3.93. The molecule has 3 fully saturated rings. The molecule has 0 aromatic heterocycles. The summed E-state index contributed by atoms with van der Waals surface area (Å²) in [5.74, 6) is -0.876. The first-order chi connectivity index (χ1) is 9.06. The van der Waals surface area contributed by atoms with Gasteiger partial charge in [-0.1, -0.05) is 0 Å². The van der Waals surface area contributed by atoms with E-state index in [1.807, 2.05) is 6.92 Å². The van der Waals surface area contributed by atoms with E-state index in [-0.39, 0.29) is 12.2 Å². The number of ether oxygens (including phenoxy) is 1. The van der Waals surface area contributed by atoms with Crippen molar-refractivity contribution in [3.8, 4) is 0 Å². The first-order valence-corrected chi connectivity index (χ1v) is 7.40. The van der Waals surface area contributed by atoms with E-state index >= 15 is 0 Å². The third-order valence-electron chi connectivity index (χ3n) is 4.93. The molecule has 0 aromatic rings. The summed E-state index contributed by atoms with van der Waals surface area (Å²) in [5.41, 5.74) is -0.245. The molecule has 3 aliphatic heterocycles. The van der Waals surface area contributed by atoms with Crippen molar-refractivity contribution in [1.29, 1.82) is 0 Å². The number of aliphatic carboxylic acids is 1. The van der Waals surface area contributed by atoms with Crippen LogP contribution in [0.25, 0.3) is 0 Å². The van der Waals surface area contributed by atoms with Gasteiger partial charge in [0.15, 0.2) is 0 Å². The van der Waals surface area contributed by atoms with Crippen molar-refractivity contribution in [2.45, 2.75) is 50.3 Å². The zero-order chi connectivity index (χ0) is 13.5. The van der Waals surface area contributed by atoms with Crippen LogP contribution in [0.5, 0.6) is 0 Å². The SMILES string of the molecule is CC1(OCC(=O)O)CN(C2CCN3CCCC3C2)C1. The van der Waals surface area contributed by atoms with Gasteiger partial charge in [-0.2, -0.15) is 0 Å². The molecule has 3 saturated heterocycles. The van der Waals surface area contributed by atoms with Gasteiger partial charge < -0.3 is 14.7 Å². The summed E-state index contributed by atoms with van der Waals surface area (Å²) in [5, 5.41) is 8.67. The van der Waals surface area contributed by atoms with E-state index in [9.17, 15) is 4.79 Å². The third-order valence-corrected chi connectivity index (χ3v) is 4.93. The average molecular weight is 268 g/mol. The lowest BCUT2D eigenvalue weighted by Crippen LogP contribution is -2.66. The van der Waals surface area contributed by atoms with Gasteiger partial charge in [0.1, 0.15) is 6.61 Å². The van der Waals surface area contributed by atoms with Crippen molar-refractivity contribution in [3.05, 3.63) is 0 Å². The molecule has 5 heteroatoms. The Bertz CT molecular complexity index is 355. The Kier molecular flexibility index (Phi) is 3.53. The molecule has 3 rings (SSSR count). The van der Waals surface area contributed by atoms with Crippen LogP contribution in [0.2, 0.25) is 0 Å². The molecule has 2 atom stereocenters. The normalized spacial score (nSPS) is 34.8. The number of carboxylic acids is 1. The van der Waals surface area contributed by atoms with Crippen LogP contribution in [0, 0.1) is 0 Å². The molecular formula is C14H24N2O3. The summed E-state index contributed by atoms with van der Waals surface area (Å²) in [6.07, 6.45) is 5.26. The Balaban J connectivity index is 1.46. The summed E-state index contributed by atoms with van der Waals surface area (Å²) in [7, 11) is 0. The molecule has 0 aromatic carbocycles. The number of hydrogen-bond acceptors (Lipinski definition) is 4. The van der Waals surface area contributed by atoms with Crippen LogP contribution in [0.15, 0.2) is 0 Å². The van der Waals surface area contributed by atoms with Gasteiger partial charge in [0.25, 0.3) is 0 Å². The minimum absolute atomic E-state index is 0.175. The maximum atomic E-state index is 10.5. The van der Waals surface area contributed by atoms with E-state index in [1.165, 1.54) is 38.8 Å². The molecule has 0 bridgehead atoms. The molecule has 0 radical (unpaired) electrons. The number of likely N-dealkylation sites (tertiary alicyclic amines) is 1. The predicted molar refractivity (Wildman–Crippen MR) is 71.2 cm³/mol. The lowest BCUT2D eigenvalue weighted by atomic mass is 9.88. The summed E-state index contributed by atoms with van der Waals surface area (Å²) in [6, 6.07) is 1.48. The molecule has 108 valence electrons. The first-order valence-electron chi connectivity index (χ1n) is 7.40. The van der Waals surface area contributed by atoms with Crippen molar-refractivity contribution < 1.29 is 14.6 Å². The fourth-order valence-corrected chi connectivity index (χ4v) is 3.93. The van der Waals surface area contributed by atoms with Crippen LogP contribution in [0.4, 0.5) is 0 Å². The Morgan fingerprint density at radius 1 is 1.26 bits per heavy atom. The van der Waals surface area contributed by atoms with Crippen LogP contribution in [-0.4, -0.2) is 71.3 Å². The fraction of sp³-hybridized carbons (Fsp3) is 0.929. The molecule has 2 unspecified atom stereocenters. The van der Waals surface area contributed by atoms with Crippen LogP contribution in [-0.2, 0) is 9.53 Å². The maximum Gasteiger partial charge on any atom is 0.329 e. The summed E-state index contributed by atoms with van der Waals surface area (Å²) >= 11 is 0. The van der Waals surface area contributed by atoms with Crippen LogP contribution < -0.4 is 0 Å². The average Bonchev–Trinajstić information content (AvgIpc) is 2.80. The molecule has 1 N–H and O–H groups in total. The second-order valence-electron chi connectivity index (χ2n) is 6.55. The minimum Gasteiger partial charge on any atom is -0.480 e. The van der Waals surface area contributed by atoms with Gasteiger partial charge in [-0.25, -0.2) is 4.79 Å². The molecule has 3 aliphatic rings. The molecule has 3 heterocycles. The van der Waals surface area contributed by atoms with Crippen molar-refractivity contribution in [2.75, 3.05) is 32.8 Å². The van der Waals surface area contributed by atoms with Gasteiger partial charge in [-0.15, -0.1) is 0 Å². The number of rotatable bonds is 4. The van der Waals surface area contributed by atoms with E-state index in [1.54, 1.807) is 0 Å². The quantitative estimate of drug-likeness (QED) is 0.817. The second kappa shape index (κ2) is 5.04. The highest BCUT2D eigenvalue weighted by molar-refractivity contribution is 5.68. The number of carbonyl (C=O) groups is 1. The van der Waals surface area contributed by atoms with E-state index in [4.69, 9.17) is 9.84 Å². The number of nitrogens with zero attached hydrogens (tertiary/aromatic N) is 2. The van der Waals surface area contributed by atoms with Crippen LogP contribution in [0.1, 0.15) is 32.6 Å². The van der Waals surface area contributed by atoms with E-state index < -0.39 is 5.97 Å². The largest absolute Gasteiger partial charge is 0.480 e. The molecule has 0 aliphatic carbocycles. The van der Waals surface area contributed by atoms with Crippen LogP contribution >= 0.6 is 0 Å². The highest BCUT2D eigenvalue weighted by Crippen LogP contribution is 2.34. The van der Waals surface area contributed by atoms with Crippen molar-refractivity contribution in [2.24, 2.45) is 0 Å². The second-order valence-corrected chi connectivity index (χ2v) is 6.55. The molecule has 0 amide bonds. The standard InChI is InChI=1S/C14H24N2O3/c1-14(19-8-13(17)18)9-16(10-14)12-4-6-15-5-2-3-11(15)7-12/h11-12H,2-10H2,1H3,(H,17,18). The monoisotopic (exact) mass is 268 g/mol. The number of fused-ring (bicyclic) bond motifs is 1.